The van der Waals surface area contributed by atoms with Crippen molar-refractivity contribution in [1.29, 1.82) is 0 Å². The normalized spacial score (nSPS) is 26.5. The van der Waals surface area contributed by atoms with Crippen molar-refractivity contribution >= 4 is 11.9 Å². The van der Waals surface area contributed by atoms with Crippen LogP contribution in [0.4, 0.5) is 15.1 Å². The lowest BCUT2D eigenvalue weighted by atomic mass is 9.79. The van der Waals surface area contributed by atoms with Crippen molar-refractivity contribution in [1.82, 2.24) is 10.1 Å². The number of carbonyl (C=O) groups excluding carboxylic acids is 1. The molecule has 1 aliphatic carbocycles. The summed E-state index contributed by atoms with van der Waals surface area (Å²) in [5.41, 5.74) is 5.07. The van der Waals surface area contributed by atoms with Crippen LogP contribution in [0.3, 0.4) is 0 Å². The molecule has 0 radical (unpaired) electrons. The lowest BCUT2D eigenvalue weighted by Gasteiger charge is -2.36. The van der Waals surface area contributed by atoms with Gasteiger partial charge in [0.1, 0.15) is 5.83 Å². The highest BCUT2D eigenvalue weighted by atomic mass is 19.1. The number of piperidine rings is 1. The minimum absolute atomic E-state index is 0.0957. The maximum Gasteiger partial charge on any atom is 0.324 e. The number of anilines is 1. The Labute approximate surface area is 153 Å². The van der Waals surface area contributed by atoms with Crippen molar-refractivity contribution in [3.05, 3.63) is 46.0 Å². The van der Waals surface area contributed by atoms with Gasteiger partial charge in [-0.25, -0.2) is 9.18 Å². The van der Waals surface area contributed by atoms with Gasteiger partial charge in [0, 0.05) is 24.6 Å². The van der Waals surface area contributed by atoms with Gasteiger partial charge in [0.2, 0.25) is 5.88 Å². The van der Waals surface area contributed by atoms with Crippen LogP contribution in [0.25, 0.3) is 0 Å². The molecule has 6 heteroatoms. The van der Waals surface area contributed by atoms with E-state index >= 15 is 0 Å². The predicted molar refractivity (Wildman–Crippen MR) is 99.5 cm³/mol. The van der Waals surface area contributed by atoms with Gasteiger partial charge in [-0.3, -0.25) is 5.32 Å². The molecule has 3 rings (SSSR count). The van der Waals surface area contributed by atoms with E-state index in [1.807, 2.05) is 33.8 Å². The summed E-state index contributed by atoms with van der Waals surface area (Å²) in [5.74, 6) is 0.272. The molecule has 0 bridgehead atoms. The molecule has 1 aromatic heterocycles. The Bertz CT molecular complexity index is 819. The Morgan fingerprint density at radius 3 is 2.65 bits per heavy atom. The van der Waals surface area contributed by atoms with Crippen LogP contribution in [0.5, 0.6) is 0 Å². The van der Waals surface area contributed by atoms with Crippen molar-refractivity contribution < 1.29 is 13.7 Å². The number of nitrogens with zero attached hydrogens (tertiary/aromatic N) is 2. The number of carbonyl (C=O) groups is 1. The van der Waals surface area contributed by atoms with E-state index in [0.29, 0.717) is 19.0 Å². The summed E-state index contributed by atoms with van der Waals surface area (Å²) in [4.78, 5) is 14.4. The quantitative estimate of drug-likeness (QED) is 0.775. The van der Waals surface area contributed by atoms with Crippen LogP contribution >= 0.6 is 0 Å². The molecule has 2 atom stereocenters. The van der Waals surface area contributed by atoms with Crippen molar-refractivity contribution in [2.45, 2.75) is 41.0 Å². The molecular weight excluding hydrogens is 333 g/mol. The number of hydrogen-bond acceptors (Lipinski definition) is 3. The van der Waals surface area contributed by atoms with E-state index in [-0.39, 0.29) is 23.7 Å². The maximum absolute atomic E-state index is 14.1. The molecule has 2 heterocycles. The van der Waals surface area contributed by atoms with Crippen LogP contribution in [-0.4, -0.2) is 29.2 Å². The maximum atomic E-state index is 14.1. The Morgan fingerprint density at radius 1 is 1.31 bits per heavy atom. The topological polar surface area (TPSA) is 58.4 Å². The molecule has 2 aliphatic rings. The van der Waals surface area contributed by atoms with Gasteiger partial charge in [0.05, 0.1) is 5.69 Å². The van der Waals surface area contributed by atoms with Crippen LogP contribution in [0.2, 0.25) is 0 Å². The SMILES string of the molecule is CC1=CC=C(F)C(C)/C1=C1/CCN(C(=O)Nc2onc(C)c2C)CC1C. The molecule has 2 unspecified atom stereocenters. The molecule has 1 N–H and O–H groups in total. The standard InChI is InChI=1S/C20H26FN3O2/c1-11-6-7-17(21)14(4)18(11)16-8-9-24(10-12(16)2)20(25)22-19-13(3)15(5)23-26-19/h6-7,12,14H,8-10H2,1-5H3,(H,22,25)/b18-16-. The zero-order chi connectivity index (χ0) is 19.0. The van der Waals surface area contributed by atoms with Crippen molar-refractivity contribution in [3.63, 3.8) is 0 Å². The highest BCUT2D eigenvalue weighted by molar-refractivity contribution is 5.88. The van der Waals surface area contributed by atoms with E-state index in [1.165, 1.54) is 5.57 Å². The summed E-state index contributed by atoms with van der Waals surface area (Å²) in [7, 11) is 0. The van der Waals surface area contributed by atoms with Crippen molar-refractivity contribution in [2.75, 3.05) is 18.4 Å². The number of halogens is 1. The molecule has 1 fully saturated rings. The summed E-state index contributed by atoms with van der Waals surface area (Å²) < 4.78 is 19.2. The number of aromatic nitrogens is 1. The monoisotopic (exact) mass is 359 g/mol. The second-order valence-electron chi connectivity index (χ2n) is 7.31. The lowest BCUT2D eigenvalue weighted by molar-refractivity contribution is 0.196. The first-order valence-corrected chi connectivity index (χ1v) is 9.05. The second kappa shape index (κ2) is 7.09. The summed E-state index contributed by atoms with van der Waals surface area (Å²) >= 11 is 0. The smallest absolute Gasteiger partial charge is 0.324 e. The molecule has 1 aliphatic heterocycles. The number of likely N-dealkylation sites (tertiary alicyclic amines) is 1. The van der Waals surface area contributed by atoms with E-state index in [1.54, 1.807) is 11.0 Å². The highest BCUT2D eigenvalue weighted by Crippen LogP contribution is 2.38. The van der Waals surface area contributed by atoms with Gasteiger partial charge in [-0.2, -0.15) is 0 Å². The number of rotatable bonds is 1. The summed E-state index contributed by atoms with van der Waals surface area (Å²) in [5, 5.41) is 6.67. The number of urea groups is 1. The minimum Gasteiger partial charge on any atom is -0.338 e. The fourth-order valence-electron chi connectivity index (χ4n) is 3.78. The van der Waals surface area contributed by atoms with Crippen LogP contribution in [0, 0.1) is 25.7 Å². The molecule has 1 saturated heterocycles. The third-order valence-electron chi connectivity index (χ3n) is 5.52. The van der Waals surface area contributed by atoms with Gasteiger partial charge in [0.15, 0.2) is 0 Å². The molecule has 140 valence electrons. The van der Waals surface area contributed by atoms with E-state index in [9.17, 15) is 9.18 Å². The van der Waals surface area contributed by atoms with Crippen LogP contribution < -0.4 is 5.32 Å². The van der Waals surface area contributed by atoms with Gasteiger partial charge in [0.25, 0.3) is 0 Å². The third kappa shape index (κ3) is 3.32. The molecule has 2 amide bonds. The highest BCUT2D eigenvalue weighted by Gasteiger charge is 2.30. The Hall–Kier alpha value is -2.37. The van der Waals surface area contributed by atoms with Crippen molar-refractivity contribution in [2.24, 2.45) is 11.8 Å². The number of amides is 2. The Morgan fingerprint density at radius 2 is 2.04 bits per heavy atom. The van der Waals surface area contributed by atoms with Crippen LogP contribution in [0.1, 0.15) is 38.4 Å². The summed E-state index contributed by atoms with van der Waals surface area (Å²) in [6.45, 7) is 10.9. The fourth-order valence-corrected chi connectivity index (χ4v) is 3.78. The summed E-state index contributed by atoms with van der Waals surface area (Å²) in [6.07, 6.45) is 4.15. The number of aryl methyl sites for hydroxylation is 1. The third-order valence-corrected chi connectivity index (χ3v) is 5.52. The zero-order valence-electron chi connectivity index (χ0n) is 16.0. The van der Waals surface area contributed by atoms with E-state index in [0.717, 1.165) is 28.8 Å². The molecule has 26 heavy (non-hydrogen) atoms. The van der Waals surface area contributed by atoms with Gasteiger partial charge >= 0.3 is 6.03 Å². The van der Waals surface area contributed by atoms with Gasteiger partial charge in [-0.05, 0) is 50.3 Å². The zero-order valence-corrected chi connectivity index (χ0v) is 16.0. The lowest BCUT2D eigenvalue weighted by Crippen LogP contribution is -2.43. The first kappa shape index (κ1) is 18.4. The van der Waals surface area contributed by atoms with E-state index in [2.05, 4.69) is 17.4 Å². The predicted octanol–water partition coefficient (Wildman–Crippen LogP) is 4.91. The number of nitrogens with one attached hydrogen (secondary N) is 1. The van der Waals surface area contributed by atoms with Crippen LogP contribution in [0.15, 0.2) is 39.2 Å². The van der Waals surface area contributed by atoms with Crippen LogP contribution in [-0.2, 0) is 0 Å². The molecular formula is C20H26FN3O2. The first-order chi connectivity index (χ1) is 12.3. The average Bonchev–Trinajstić information content (AvgIpc) is 2.92. The molecule has 0 saturated carbocycles. The fraction of sp³-hybridized carbons (Fsp3) is 0.500. The number of allylic oxidation sites excluding steroid dienone is 5. The molecule has 0 spiro atoms. The molecule has 0 aromatic carbocycles. The molecule has 5 nitrogen and oxygen atoms in total. The van der Waals surface area contributed by atoms with Gasteiger partial charge in [-0.1, -0.05) is 30.7 Å². The number of hydrogen-bond donors (Lipinski definition) is 1. The largest absolute Gasteiger partial charge is 0.338 e. The second-order valence-corrected chi connectivity index (χ2v) is 7.31. The molecule has 1 aromatic rings. The average molecular weight is 359 g/mol. The van der Waals surface area contributed by atoms with E-state index < -0.39 is 0 Å². The van der Waals surface area contributed by atoms with Crippen molar-refractivity contribution in [3.8, 4) is 0 Å². The minimum atomic E-state index is -0.211. The Kier molecular flexibility index (Phi) is 5.03. The Balaban J connectivity index is 1.73. The van der Waals surface area contributed by atoms with Gasteiger partial charge in [-0.15, -0.1) is 0 Å². The first-order valence-electron chi connectivity index (χ1n) is 9.05. The van der Waals surface area contributed by atoms with Gasteiger partial charge < -0.3 is 9.42 Å². The summed E-state index contributed by atoms with van der Waals surface area (Å²) in [6, 6.07) is -0.185. The van der Waals surface area contributed by atoms with E-state index in [4.69, 9.17) is 4.52 Å².